The van der Waals surface area contributed by atoms with Crippen LogP contribution < -0.4 is 9.47 Å². The first-order valence-corrected chi connectivity index (χ1v) is 10.5. The normalized spacial score (nSPS) is 17.4. The van der Waals surface area contributed by atoms with Gasteiger partial charge in [0.1, 0.15) is 12.2 Å². The summed E-state index contributed by atoms with van der Waals surface area (Å²) in [6.07, 6.45) is 4.82. The lowest BCUT2D eigenvalue weighted by atomic mass is 9.98. The summed E-state index contributed by atoms with van der Waals surface area (Å²) < 4.78 is 24.7. The molecule has 2 heterocycles. The lowest BCUT2D eigenvalue weighted by Crippen LogP contribution is -2.11. The van der Waals surface area contributed by atoms with Crippen LogP contribution in [0.25, 0.3) is 5.69 Å². The predicted molar refractivity (Wildman–Crippen MR) is 122 cm³/mol. The number of aromatic nitrogens is 1. The number of fused-ring (bicyclic) bond motifs is 3. The molecular weight excluding hydrogens is 430 g/mol. The molecule has 0 unspecified atom stereocenters. The maximum atomic E-state index is 11.6. The van der Waals surface area contributed by atoms with Crippen molar-refractivity contribution < 1.29 is 23.7 Å². The van der Waals surface area contributed by atoms with Gasteiger partial charge in [0.15, 0.2) is 11.5 Å². The van der Waals surface area contributed by atoms with Gasteiger partial charge in [-0.05, 0) is 42.8 Å². The molecule has 0 saturated carbocycles. The number of hydrogen-bond acceptors (Lipinski definition) is 5. The van der Waals surface area contributed by atoms with E-state index in [4.69, 9.17) is 30.5 Å². The van der Waals surface area contributed by atoms with E-state index in [-0.39, 0.29) is 6.10 Å². The van der Waals surface area contributed by atoms with Crippen LogP contribution in [0, 0.1) is 0 Å². The average Bonchev–Trinajstić information content (AvgIpc) is 3.25. The minimum Gasteiger partial charge on any atom is -0.493 e. The second kappa shape index (κ2) is 9.51. The number of nitrogens with zero attached hydrogens (tertiary/aromatic N) is 1. The molecule has 32 heavy (non-hydrogen) atoms. The number of esters is 1. The van der Waals surface area contributed by atoms with Gasteiger partial charge in [-0.15, -0.1) is 0 Å². The highest BCUT2D eigenvalue weighted by Crippen LogP contribution is 2.46. The van der Waals surface area contributed by atoms with Crippen LogP contribution in [0.15, 0.2) is 66.9 Å². The zero-order valence-electron chi connectivity index (χ0n) is 18.1. The molecule has 0 amide bonds. The Bertz CT molecular complexity index is 1150. The van der Waals surface area contributed by atoms with Crippen molar-refractivity contribution in [2.45, 2.75) is 18.6 Å². The number of hydrogen-bond donors (Lipinski definition) is 0. The fraction of sp³-hybridized carbons (Fsp3) is 0.240. The minimum atomic E-state index is -0.481. The summed E-state index contributed by atoms with van der Waals surface area (Å²) in [6.45, 7) is 0. The zero-order valence-corrected chi connectivity index (χ0v) is 18.8. The van der Waals surface area contributed by atoms with E-state index in [1.165, 1.54) is 13.2 Å². The molecule has 166 valence electrons. The van der Waals surface area contributed by atoms with E-state index >= 15 is 0 Å². The Morgan fingerprint density at radius 1 is 1.09 bits per heavy atom. The van der Waals surface area contributed by atoms with Gasteiger partial charge in [-0.2, -0.15) is 0 Å². The summed E-state index contributed by atoms with van der Waals surface area (Å²) >= 11 is 6.40. The van der Waals surface area contributed by atoms with Crippen molar-refractivity contribution >= 4 is 17.6 Å². The number of halogens is 1. The molecule has 1 aliphatic rings. The van der Waals surface area contributed by atoms with Crippen molar-refractivity contribution in [2.24, 2.45) is 0 Å². The molecule has 0 spiro atoms. The van der Waals surface area contributed by atoms with Crippen molar-refractivity contribution in [2.75, 3.05) is 21.3 Å². The van der Waals surface area contributed by atoms with Gasteiger partial charge in [0.05, 0.1) is 32.7 Å². The van der Waals surface area contributed by atoms with E-state index < -0.39 is 12.1 Å². The molecule has 0 N–H and O–H groups in total. The number of para-hydroxylation sites is 1. The van der Waals surface area contributed by atoms with Crippen LogP contribution in [0.5, 0.6) is 11.5 Å². The molecule has 1 aromatic heterocycles. The number of carbonyl (C=O) groups excluding carboxylic acids is 1. The quantitative estimate of drug-likeness (QED) is 0.368. The lowest BCUT2D eigenvalue weighted by Gasteiger charge is -2.25. The molecule has 0 fully saturated rings. The van der Waals surface area contributed by atoms with Crippen LogP contribution in [0.3, 0.4) is 0 Å². The Morgan fingerprint density at radius 3 is 2.69 bits per heavy atom. The molecule has 0 saturated heterocycles. The molecule has 0 aliphatic carbocycles. The summed E-state index contributed by atoms with van der Waals surface area (Å²) in [5.74, 6) is 0.805. The van der Waals surface area contributed by atoms with Crippen molar-refractivity contribution in [3.8, 4) is 17.2 Å². The largest absolute Gasteiger partial charge is 0.493 e. The Kier molecular flexibility index (Phi) is 6.53. The minimum absolute atomic E-state index is 0.335. The van der Waals surface area contributed by atoms with Crippen molar-refractivity contribution in [1.82, 2.24) is 4.57 Å². The molecule has 3 aromatic rings. The number of ether oxygens (including phenoxy) is 4. The van der Waals surface area contributed by atoms with Gasteiger partial charge in [-0.3, -0.25) is 0 Å². The smallest absolute Gasteiger partial charge is 0.330 e. The highest BCUT2D eigenvalue weighted by molar-refractivity contribution is 6.30. The van der Waals surface area contributed by atoms with Crippen LogP contribution >= 0.6 is 11.6 Å². The van der Waals surface area contributed by atoms with E-state index in [1.807, 2.05) is 54.7 Å². The first-order chi connectivity index (χ1) is 15.6. The molecule has 1 aliphatic heterocycles. The Balaban J connectivity index is 1.87. The summed E-state index contributed by atoms with van der Waals surface area (Å²) in [5.41, 5.74) is 3.65. The monoisotopic (exact) mass is 453 g/mol. The molecular formula is C25H24ClNO5. The highest BCUT2D eigenvalue weighted by atomic mass is 35.5. The maximum absolute atomic E-state index is 11.6. The van der Waals surface area contributed by atoms with Gasteiger partial charge < -0.3 is 23.5 Å². The van der Waals surface area contributed by atoms with Crippen LogP contribution in [-0.2, 0) is 14.3 Å². The Morgan fingerprint density at radius 2 is 1.94 bits per heavy atom. The molecule has 7 heteroatoms. The van der Waals surface area contributed by atoms with Crippen LogP contribution in [0.1, 0.15) is 35.4 Å². The van der Waals surface area contributed by atoms with Crippen LogP contribution in [0.4, 0.5) is 0 Å². The fourth-order valence-electron chi connectivity index (χ4n) is 4.03. The van der Waals surface area contributed by atoms with E-state index in [0.717, 1.165) is 22.5 Å². The van der Waals surface area contributed by atoms with Crippen LogP contribution in [0.2, 0.25) is 5.02 Å². The van der Waals surface area contributed by atoms with E-state index in [1.54, 1.807) is 20.3 Å². The van der Waals surface area contributed by atoms with Crippen molar-refractivity contribution in [3.63, 3.8) is 0 Å². The van der Waals surface area contributed by atoms with Gasteiger partial charge in [-0.1, -0.05) is 29.8 Å². The first kappa shape index (κ1) is 22.0. The third-order valence-electron chi connectivity index (χ3n) is 5.46. The predicted octanol–water partition coefficient (Wildman–Crippen LogP) is 5.43. The first-order valence-electron chi connectivity index (χ1n) is 10.1. The molecule has 4 rings (SSSR count). The summed E-state index contributed by atoms with van der Waals surface area (Å²) in [5, 5.41) is 0.608. The number of rotatable bonds is 6. The van der Waals surface area contributed by atoms with E-state index in [0.29, 0.717) is 22.9 Å². The third-order valence-corrected chi connectivity index (χ3v) is 5.70. The second-order valence-electron chi connectivity index (χ2n) is 7.25. The zero-order chi connectivity index (χ0) is 22.7. The number of methoxy groups -OCH3 is 3. The standard InChI is InChI=1S/C25H24ClNO5/c1-29-22-10-4-7-17(25(22)31-3)24-18-15-16(26)12-13-19(18)27-14-6-8-20(27)21(32-24)9-5-11-23(28)30-2/h4-8,10-15,21,24H,9H2,1-3H3/b11-5+/t21-,24-/m1/s1. The van der Waals surface area contributed by atoms with Gasteiger partial charge in [0.25, 0.3) is 0 Å². The van der Waals surface area contributed by atoms with Crippen molar-refractivity contribution in [3.05, 3.63) is 88.7 Å². The molecule has 6 nitrogen and oxygen atoms in total. The average molecular weight is 454 g/mol. The van der Waals surface area contributed by atoms with E-state index in [2.05, 4.69) is 4.57 Å². The van der Waals surface area contributed by atoms with Gasteiger partial charge in [-0.25, -0.2) is 4.79 Å². The lowest BCUT2D eigenvalue weighted by molar-refractivity contribution is -0.134. The maximum Gasteiger partial charge on any atom is 0.330 e. The van der Waals surface area contributed by atoms with Gasteiger partial charge >= 0.3 is 5.97 Å². The summed E-state index contributed by atoms with van der Waals surface area (Å²) in [4.78, 5) is 11.6. The fourth-order valence-corrected chi connectivity index (χ4v) is 4.21. The third kappa shape index (κ3) is 4.11. The van der Waals surface area contributed by atoms with Crippen LogP contribution in [-0.4, -0.2) is 31.9 Å². The van der Waals surface area contributed by atoms with Gasteiger partial charge in [0.2, 0.25) is 0 Å². The van der Waals surface area contributed by atoms with Gasteiger partial charge in [0, 0.05) is 28.4 Å². The van der Waals surface area contributed by atoms with E-state index in [9.17, 15) is 4.79 Å². The topological polar surface area (TPSA) is 58.9 Å². The Labute approximate surface area is 191 Å². The SMILES string of the molecule is COC(=O)/C=C/C[C@H]1O[C@H](c2cccc(OC)c2OC)c2cc(Cl)ccc2-n2cccc21. The second-order valence-corrected chi connectivity index (χ2v) is 7.69. The summed E-state index contributed by atoms with van der Waals surface area (Å²) in [6, 6.07) is 15.5. The number of carbonyl (C=O) groups is 1. The molecule has 2 atom stereocenters. The number of benzene rings is 2. The molecule has 0 radical (unpaired) electrons. The Hall–Kier alpha value is -3.22. The molecule has 2 aromatic carbocycles. The van der Waals surface area contributed by atoms with Crippen molar-refractivity contribution in [1.29, 1.82) is 0 Å². The summed E-state index contributed by atoms with van der Waals surface area (Å²) in [7, 11) is 4.56. The highest BCUT2D eigenvalue weighted by Gasteiger charge is 2.32. The molecule has 0 bridgehead atoms.